The molecule has 2 aromatic heterocycles. The Balaban J connectivity index is 1.46. The van der Waals surface area contributed by atoms with Crippen molar-refractivity contribution in [2.45, 2.75) is 70.6 Å². The minimum absolute atomic E-state index is 0.291. The molecule has 3 heterocycles. The predicted molar refractivity (Wildman–Crippen MR) is 170 cm³/mol. The van der Waals surface area contributed by atoms with Gasteiger partial charge in [-0.3, -0.25) is 18.6 Å². The fourth-order valence-electron chi connectivity index (χ4n) is 5.84. The minimum Gasteiger partial charge on any atom is -0.461 e. The van der Waals surface area contributed by atoms with E-state index >= 15 is 0 Å². The molecule has 0 saturated heterocycles. The lowest BCUT2D eigenvalue weighted by Gasteiger charge is -2.27. The van der Waals surface area contributed by atoms with E-state index in [0.717, 1.165) is 40.6 Å². The summed E-state index contributed by atoms with van der Waals surface area (Å²) in [5.74, 6) is -0.384. The van der Waals surface area contributed by atoms with Crippen molar-refractivity contribution in [2.75, 3.05) is 17.9 Å². The molecule has 0 fully saturated rings. The SMILES string of the molecule is CCc1cn2c3c(cc(C(=O)N[C@@H](Cc4ccccc4)[C@@H](CNCc4cnn(CC)c4)OC=O)cc13)N(C)S(=O)(=O)C(C)C2. The Morgan fingerprint density at radius 2 is 1.93 bits per heavy atom. The van der Waals surface area contributed by atoms with E-state index in [1.165, 1.54) is 4.31 Å². The summed E-state index contributed by atoms with van der Waals surface area (Å²) in [4.78, 5) is 25.6. The molecule has 1 aliphatic heterocycles. The van der Waals surface area contributed by atoms with E-state index < -0.39 is 27.4 Å². The van der Waals surface area contributed by atoms with Gasteiger partial charge in [0.15, 0.2) is 0 Å². The zero-order chi connectivity index (χ0) is 31.4. The second kappa shape index (κ2) is 13.2. The lowest BCUT2D eigenvalue weighted by Crippen LogP contribution is -2.50. The van der Waals surface area contributed by atoms with Crippen LogP contribution in [0.2, 0.25) is 0 Å². The standard InChI is InChI=1S/C32H40N6O5S/c1-5-25-20-37-18-22(3)44(41,42)36(4)29-14-26(13-27(25)31(29)37)32(40)35-28(12-23-10-8-7-9-11-23)30(43-21-39)17-33-15-24-16-34-38(6-2)19-24/h7-11,13-14,16,19-22,28,30,33H,5-6,12,15,17-18H2,1-4H3,(H,35,40)/t22?,28-,30+/m0/s1. The highest BCUT2D eigenvalue weighted by Crippen LogP contribution is 2.37. The average molecular weight is 621 g/mol. The van der Waals surface area contributed by atoms with Gasteiger partial charge in [0.25, 0.3) is 12.4 Å². The van der Waals surface area contributed by atoms with E-state index in [1.807, 2.05) is 71.9 Å². The average Bonchev–Trinajstić information content (AvgIpc) is 3.62. The molecule has 12 heteroatoms. The zero-order valence-electron chi connectivity index (χ0n) is 25.6. The van der Waals surface area contributed by atoms with Gasteiger partial charge in [-0.2, -0.15) is 5.10 Å². The Bertz CT molecular complexity index is 1730. The normalized spacial score (nSPS) is 17.2. The maximum Gasteiger partial charge on any atom is 0.293 e. The van der Waals surface area contributed by atoms with Gasteiger partial charge in [-0.25, -0.2) is 8.42 Å². The Morgan fingerprint density at radius 1 is 1.16 bits per heavy atom. The van der Waals surface area contributed by atoms with Gasteiger partial charge in [0.05, 0.1) is 28.7 Å². The van der Waals surface area contributed by atoms with Gasteiger partial charge in [0.1, 0.15) is 6.10 Å². The van der Waals surface area contributed by atoms with Gasteiger partial charge in [-0.1, -0.05) is 37.3 Å². The van der Waals surface area contributed by atoms with Gasteiger partial charge >= 0.3 is 0 Å². The summed E-state index contributed by atoms with van der Waals surface area (Å²) < 4.78 is 37.2. The quantitative estimate of drug-likeness (QED) is 0.220. The largest absolute Gasteiger partial charge is 0.461 e. The molecule has 11 nitrogen and oxygen atoms in total. The first-order chi connectivity index (χ1) is 21.2. The summed E-state index contributed by atoms with van der Waals surface area (Å²) >= 11 is 0. The summed E-state index contributed by atoms with van der Waals surface area (Å²) in [6, 6.07) is 12.6. The van der Waals surface area contributed by atoms with Crippen LogP contribution in [0.4, 0.5) is 5.69 Å². The van der Waals surface area contributed by atoms with E-state index in [-0.39, 0.29) is 5.91 Å². The first-order valence-corrected chi connectivity index (χ1v) is 16.5. The van der Waals surface area contributed by atoms with Crippen molar-refractivity contribution in [2.24, 2.45) is 0 Å². The molecular formula is C32H40N6O5S. The molecule has 44 heavy (non-hydrogen) atoms. The van der Waals surface area contributed by atoms with Gasteiger partial charge in [-0.05, 0) is 49.9 Å². The van der Waals surface area contributed by atoms with E-state index in [2.05, 4.69) is 15.7 Å². The molecule has 1 aliphatic rings. The lowest BCUT2D eigenvalue weighted by molar-refractivity contribution is -0.134. The van der Waals surface area contributed by atoms with Gasteiger partial charge in [0, 0.05) is 62.1 Å². The van der Waals surface area contributed by atoms with Gasteiger partial charge in [0.2, 0.25) is 10.0 Å². The van der Waals surface area contributed by atoms with Crippen LogP contribution in [0.1, 0.15) is 47.8 Å². The summed E-state index contributed by atoms with van der Waals surface area (Å²) in [5.41, 5.74) is 4.59. The predicted octanol–water partition coefficient (Wildman–Crippen LogP) is 3.26. The van der Waals surface area contributed by atoms with Crippen LogP contribution in [0.15, 0.2) is 61.1 Å². The lowest BCUT2D eigenvalue weighted by atomic mass is 9.99. The van der Waals surface area contributed by atoms with Crippen molar-refractivity contribution < 1.29 is 22.7 Å². The third-order valence-corrected chi connectivity index (χ3v) is 10.5. The number of anilines is 1. The van der Waals surface area contributed by atoms with E-state index in [9.17, 15) is 18.0 Å². The van der Waals surface area contributed by atoms with E-state index in [1.54, 1.807) is 26.2 Å². The smallest absolute Gasteiger partial charge is 0.293 e. The molecule has 0 radical (unpaired) electrons. The summed E-state index contributed by atoms with van der Waals surface area (Å²) in [6.07, 6.45) is 6.19. The minimum atomic E-state index is -3.63. The number of hydrogen-bond donors (Lipinski definition) is 2. The third-order valence-electron chi connectivity index (χ3n) is 8.34. The van der Waals surface area contributed by atoms with Crippen molar-refractivity contribution >= 4 is 39.0 Å². The highest BCUT2D eigenvalue weighted by Gasteiger charge is 2.34. The van der Waals surface area contributed by atoms with Crippen molar-refractivity contribution in [3.63, 3.8) is 0 Å². The zero-order valence-corrected chi connectivity index (χ0v) is 26.4. The first-order valence-electron chi connectivity index (χ1n) is 15.0. The second-order valence-electron chi connectivity index (χ2n) is 11.3. The number of carbonyl (C=O) groups excluding carboxylic acids is 2. The summed E-state index contributed by atoms with van der Waals surface area (Å²) in [7, 11) is -2.09. The summed E-state index contributed by atoms with van der Waals surface area (Å²) in [5, 5.41) is 11.0. The number of sulfonamides is 1. The van der Waals surface area contributed by atoms with Crippen LogP contribution >= 0.6 is 0 Å². The Kier molecular flexibility index (Phi) is 9.40. The molecule has 0 aliphatic carbocycles. The van der Waals surface area contributed by atoms with Crippen molar-refractivity contribution in [3.05, 3.63) is 83.3 Å². The highest BCUT2D eigenvalue weighted by atomic mass is 32.2. The maximum atomic E-state index is 14.0. The molecule has 0 saturated carbocycles. The number of aryl methyl sites for hydroxylation is 2. The van der Waals surface area contributed by atoms with Crippen LogP contribution in [0, 0.1) is 0 Å². The van der Waals surface area contributed by atoms with Crippen molar-refractivity contribution in [1.29, 1.82) is 0 Å². The third kappa shape index (κ3) is 6.36. The Morgan fingerprint density at radius 3 is 2.61 bits per heavy atom. The molecule has 5 rings (SSSR count). The van der Waals surface area contributed by atoms with Crippen LogP contribution in [0.3, 0.4) is 0 Å². The molecule has 1 amide bonds. The van der Waals surface area contributed by atoms with Crippen LogP contribution in [0.25, 0.3) is 10.9 Å². The molecule has 0 bridgehead atoms. The molecule has 234 valence electrons. The Hall–Kier alpha value is -4.16. The number of aromatic nitrogens is 3. The monoisotopic (exact) mass is 620 g/mol. The number of nitrogens with zero attached hydrogens (tertiary/aromatic N) is 4. The number of amides is 1. The van der Waals surface area contributed by atoms with E-state index in [0.29, 0.717) is 43.8 Å². The molecule has 1 unspecified atom stereocenters. The fourth-order valence-corrected chi connectivity index (χ4v) is 7.15. The summed E-state index contributed by atoms with van der Waals surface area (Å²) in [6.45, 7) is 8.06. The molecule has 0 spiro atoms. The highest BCUT2D eigenvalue weighted by molar-refractivity contribution is 7.93. The topological polar surface area (TPSA) is 128 Å². The van der Waals surface area contributed by atoms with Crippen LogP contribution in [-0.4, -0.2) is 66.1 Å². The van der Waals surface area contributed by atoms with E-state index in [4.69, 9.17) is 4.74 Å². The number of ether oxygens (including phenoxy) is 1. The Labute approximate surface area is 258 Å². The molecule has 4 aromatic rings. The number of benzene rings is 2. The van der Waals surface area contributed by atoms with Crippen molar-refractivity contribution in [1.82, 2.24) is 25.0 Å². The van der Waals surface area contributed by atoms with Gasteiger partial charge < -0.3 is 19.9 Å². The number of nitrogens with one attached hydrogen (secondary N) is 2. The van der Waals surface area contributed by atoms with Crippen LogP contribution < -0.4 is 14.9 Å². The van der Waals surface area contributed by atoms with Crippen molar-refractivity contribution in [3.8, 4) is 0 Å². The molecular weight excluding hydrogens is 580 g/mol. The maximum absolute atomic E-state index is 14.0. The van der Waals surface area contributed by atoms with Crippen LogP contribution in [-0.2, 0) is 52.0 Å². The van der Waals surface area contributed by atoms with Gasteiger partial charge in [-0.15, -0.1) is 0 Å². The second-order valence-corrected chi connectivity index (χ2v) is 13.6. The van der Waals surface area contributed by atoms with Crippen LogP contribution in [0.5, 0.6) is 0 Å². The first kappa shape index (κ1) is 31.3. The fraction of sp³-hybridized carbons (Fsp3) is 0.406. The molecule has 3 atom stereocenters. The number of rotatable bonds is 13. The number of hydrogen-bond acceptors (Lipinski definition) is 7. The molecule has 2 N–H and O–H groups in total. The number of carbonyl (C=O) groups is 2. The molecule has 2 aromatic carbocycles.